The molecule has 0 saturated heterocycles. The molecule has 2 amide bonds. The summed E-state index contributed by atoms with van der Waals surface area (Å²) in [6.07, 6.45) is 0. The molecule has 0 atom stereocenters. The molecule has 0 fully saturated rings. The van der Waals surface area contributed by atoms with Gasteiger partial charge in [0.1, 0.15) is 0 Å². The topological polar surface area (TPSA) is 96.1 Å². The third kappa shape index (κ3) is 4.09. The van der Waals surface area contributed by atoms with Crippen LogP contribution in [0, 0.1) is 12.8 Å². The number of azo groups is 1. The molecule has 3 rings (SSSR count). The van der Waals surface area contributed by atoms with Crippen molar-refractivity contribution in [2.75, 3.05) is 5.32 Å². The van der Waals surface area contributed by atoms with Crippen LogP contribution in [0.1, 0.15) is 19.4 Å². The van der Waals surface area contributed by atoms with Crippen LogP contribution in [0.2, 0.25) is 0 Å². The summed E-state index contributed by atoms with van der Waals surface area (Å²) in [6, 6.07) is 14.4. The summed E-state index contributed by atoms with van der Waals surface area (Å²) in [5.41, 5.74) is 2.50. The summed E-state index contributed by atoms with van der Waals surface area (Å²) in [5, 5.41) is 21.1. The van der Waals surface area contributed by atoms with E-state index in [1.165, 1.54) is 0 Å². The predicted octanol–water partition coefficient (Wildman–Crippen LogP) is 4.56. The third-order valence-corrected chi connectivity index (χ3v) is 4.21. The highest BCUT2D eigenvalue weighted by Crippen LogP contribution is 2.39. The molecule has 0 spiro atoms. The van der Waals surface area contributed by atoms with Crippen LogP contribution in [0.3, 0.4) is 0 Å². The van der Waals surface area contributed by atoms with E-state index in [4.69, 9.17) is 0 Å². The molecule has 2 N–H and O–H groups in total. The van der Waals surface area contributed by atoms with Gasteiger partial charge in [0.25, 0.3) is 0 Å². The van der Waals surface area contributed by atoms with Crippen LogP contribution < -0.4 is 5.32 Å². The van der Waals surface area contributed by atoms with Gasteiger partial charge < -0.3 is 15.0 Å². The molecule has 3 aromatic rings. The predicted molar refractivity (Wildman–Crippen MR) is 108 cm³/mol. The second-order valence-corrected chi connectivity index (χ2v) is 7.02. The van der Waals surface area contributed by atoms with Gasteiger partial charge in [-0.2, -0.15) is 0 Å². The highest BCUT2D eigenvalue weighted by molar-refractivity contribution is 6.40. The fourth-order valence-corrected chi connectivity index (χ4v) is 2.88. The van der Waals surface area contributed by atoms with Gasteiger partial charge in [-0.1, -0.05) is 49.7 Å². The van der Waals surface area contributed by atoms with Gasteiger partial charge in [0, 0.05) is 17.6 Å². The minimum atomic E-state index is -1.04. The van der Waals surface area contributed by atoms with Crippen molar-refractivity contribution < 1.29 is 14.7 Å². The van der Waals surface area contributed by atoms with Gasteiger partial charge in [0.05, 0.1) is 5.52 Å². The minimum Gasteiger partial charge on any atom is -0.493 e. The quantitative estimate of drug-likeness (QED) is 0.514. The number of anilines is 1. The van der Waals surface area contributed by atoms with Crippen LogP contribution in [0.25, 0.3) is 10.9 Å². The maximum Gasteiger partial charge on any atom is 0.353 e. The Morgan fingerprint density at radius 1 is 1.11 bits per heavy atom. The summed E-state index contributed by atoms with van der Waals surface area (Å²) in [7, 11) is 0. The number of nitrogens with one attached hydrogen (secondary N) is 1. The fraction of sp³-hybridized carbons (Fsp3) is 0.238. The Labute approximate surface area is 162 Å². The van der Waals surface area contributed by atoms with Crippen molar-refractivity contribution in [1.29, 1.82) is 0 Å². The molecule has 0 radical (unpaired) electrons. The van der Waals surface area contributed by atoms with Crippen LogP contribution in [0.15, 0.2) is 58.8 Å². The summed E-state index contributed by atoms with van der Waals surface area (Å²) in [5.74, 6) is -1.71. The fourth-order valence-electron chi connectivity index (χ4n) is 2.88. The van der Waals surface area contributed by atoms with E-state index in [1.54, 1.807) is 22.8 Å². The molecule has 1 heterocycles. The van der Waals surface area contributed by atoms with Gasteiger partial charge in [-0.3, -0.25) is 9.59 Å². The lowest BCUT2D eigenvalue weighted by Gasteiger charge is -2.09. The second-order valence-electron chi connectivity index (χ2n) is 7.02. The number of aryl methyl sites for hydroxylation is 1. The van der Waals surface area contributed by atoms with Crippen LogP contribution in [0.4, 0.5) is 11.4 Å². The number of hydrogen-bond donors (Lipinski definition) is 2. The number of aromatic hydroxyl groups is 1. The molecule has 2 aromatic carbocycles. The first kappa shape index (κ1) is 19.3. The SMILES string of the molecule is Cc1ccc(NC(=O)C(=O)N=Nc2c(O)n(CC(C)C)c3ccccc23)cc1. The molecule has 0 bridgehead atoms. The normalized spacial score (nSPS) is 11.4. The first-order valence-corrected chi connectivity index (χ1v) is 9.00. The van der Waals surface area contributed by atoms with E-state index in [2.05, 4.69) is 15.5 Å². The lowest BCUT2D eigenvalue weighted by atomic mass is 10.2. The Hall–Kier alpha value is -3.48. The number of amides is 2. The monoisotopic (exact) mass is 378 g/mol. The molecule has 0 aliphatic rings. The van der Waals surface area contributed by atoms with Gasteiger partial charge in [-0.05, 0) is 31.0 Å². The smallest absolute Gasteiger partial charge is 0.353 e. The number of benzene rings is 2. The number of rotatable bonds is 4. The Bertz CT molecular complexity index is 1050. The zero-order valence-corrected chi connectivity index (χ0v) is 16.0. The Morgan fingerprint density at radius 3 is 2.46 bits per heavy atom. The number of fused-ring (bicyclic) bond motifs is 1. The maximum atomic E-state index is 12.1. The van der Waals surface area contributed by atoms with Gasteiger partial charge in [0.15, 0.2) is 5.69 Å². The van der Waals surface area contributed by atoms with Crippen LogP contribution in [-0.4, -0.2) is 21.5 Å². The van der Waals surface area contributed by atoms with Gasteiger partial charge >= 0.3 is 11.8 Å². The molecule has 7 nitrogen and oxygen atoms in total. The highest BCUT2D eigenvalue weighted by Gasteiger charge is 2.19. The number of hydrogen-bond acceptors (Lipinski definition) is 4. The standard InChI is InChI=1S/C21H22N4O3/c1-13(2)12-25-17-7-5-4-6-16(17)18(21(25)28)23-24-20(27)19(26)22-15-10-8-14(3)9-11-15/h4-11,13,28H,12H2,1-3H3,(H,22,26). The first-order chi connectivity index (χ1) is 13.4. The highest BCUT2D eigenvalue weighted by atomic mass is 16.3. The van der Waals surface area contributed by atoms with Crippen molar-refractivity contribution in [3.8, 4) is 5.88 Å². The Kier molecular flexibility index (Phi) is 5.54. The van der Waals surface area contributed by atoms with E-state index in [-0.39, 0.29) is 11.6 Å². The number of para-hydroxylation sites is 1. The molecule has 0 unspecified atom stereocenters. The molecule has 1 aromatic heterocycles. The number of carbonyl (C=O) groups is 2. The second kappa shape index (κ2) is 8.04. The maximum absolute atomic E-state index is 12.1. The zero-order chi connectivity index (χ0) is 20.3. The van der Waals surface area contributed by atoms with E-state index in [9.17, 15) is 14.7 Å². The van der Waals surface area contributed by atoms with Crippen LogP contribution in [0.5, 0.6) is 5.88 Å². The lowest BCUT2D eigenvalue weighted by molar-refractivity contribution is -0.134. The van der Waals surface area contributed by atoms with Crippen molar-refractivity contribution in [3.05, 3.63) is 54.1 Å². The molecule has 7 heteroatoms. The molecule has 0 aliphatic heterocycles. The van der Waals surface area contributed by atoms with E-state index < -0.39 is 11.8 Å². The average molecular weight is 378 g/mol. The summed E-state index contributed by atoms with van der Waals surface area (Å²) < 4.78 is 1.73. The van der Waals surface area contributed by atoms with Gasteiger partial charge in [-0.15, -0.1) is 10.2 Å². The third-order valence-electron chi connectivity index (χ3n) is 4.21. The van der Waals surface area contributed by atoms with E-state index >= 15 is 0 Å². The first-order valence-electron chi connectivity index (χ1n) is 9.00. The van der Waals surface area contributed by atoms with Crippen LogP contribution >= 0.6 is 0 Å². The zero-order valence-electron chi connectivity index (χ0n) is 16.0. The minimum absolute atomic E-state index is 0.0783. The Balaban J connectivity index is 1.84. The Morgan fingerprint density at radius 2 is 1.79 bits per heavy atom. The van der Waals surface area contributed by atoms with Crippen molar-refractivity contribution in [1.82, 2.24) is 4.57 Å². The number of aromatic nitrogens is 1. The largest absolute Gasteiger partial charge is 0.493 e. The number of carbonyl (C=O) groups excluding carboxylic acids is 2. The lowest BCUT2D eigenvalue weighted by Crippen LogP contribution is -2.20. The van der Waals surface area contributed by atoms with Crippen molar-refractivity contribution in [3.63, 3.8) is 0 Å². The summed E-state index contributed by atoms with van der Waals surface area (Å²) in [4.78, 5) is 24.1. The molecule has 144 valence electrons. The van der Waals surface area contributed by atoms with Gasteiger partial charge in [0.2, 0.25) is 5.88 Å². The van der Waals surface area contributed by atoms with Gasteiger partial charge in [-0.25, -0.2) is 0 Å². The summed E-state index contributed by atoms with van der Waals surface area (Å²) >= 11 is 0. The van der Waals surface area contributed by atoms with Crippen molar-refractivity contribution in [2.24, 2.45) is 16.1 Å². The van der Waals surface area contributed by atoms with Crippen molar-refractivity contribution >= 4 is 34.1 Å². The van der Waals surface area contributed by atoms with Crippen LogP contribution in [-0.2, 0) is 16.1 Å². The average Bonchev–Trinajstić information content (AvgIpc) is 2.93. The summed E-state index contributed by atoms with van der Waals surface area (Å²) in [6.45, 7) is 6.58. The molecular formula is C21H22N4O3. The van der Waals surface area contributed by atoms with E-state index in [0.29, 0.717) is 23.5 Å². The molecule has 0 saturated carbocycles. The molecular weight excluding hydrogens is 356 g/mol. The van der Waals surface area contributed by atoms with E-state index in [1.807, 2.05) is 51.1 Å². The van der Waals surface area contributed by atoms with E-state index in [0.717, 1.165) is 11.1 Å². The number of nitrogens with zero attached hydrogens (tertiary/aromatic N) is 3. The molecule has 0 aliphatic carbocycles. The molecule has 28 heavy (non-hydrogen) atoms. The van der Waals surface area contributed by atoms with Crippen molar-refractivity contribution in [2.45, 2.75) is 27.3 Å².